The molecule has 0 aliphatic rings. The van der Waals surface area contributed by atoms with E-state index < -0.39 is 6.04 Å². The smallest absolute Gasteiger partial charge is 0.245 e. The number of allylic oxidation sites excluding steroid dienone is 1. The van der Waals surface area contributed by atoms with Gasteiger partial charge in [-0.25, -0.2) is 4.99 Å². The normalized spacial score (nSPS) is 13.4. The van der Waals surface area contributed by atoms with E-state index in [4.69, 9.17) is 4.74 Å². The van der Waals surface area contributed by atoms with Crippen LogP contribution in [-0.4, -0.2) is 31.8 Å². The number of hydrogen-bond acceptors (Lipinski definition) is 4. The van der Waals surface area contributed by atoms with Crippen molar-refractivity contribution in [3.63, 3.8) is 0 Å². The highest BCUT2D eigenvalue weighted by Crippen LogP contribution is 2.01. The average molecular weight is 289 g/mol. The van der Waals surface area contributed by atoms with Gasteiger partial charge in [0.15, 0.2) is 0 Å². The molecule has 1 atom stereocenters. The van der Waals surface area contributed by atoms with E-state index in [9.17, 15) is 4.79 Å². The number of rotatable bonds is 8. The molecule has 2 N–H and O–H groups in total. The van der Waals surface area contributed by atoms with Crippen molar-refractivity contribution in [3.05, 3.63) is 47.8 Å². The molecular weight excluding hydrogens is 266 g/mol. The minimum absolute atomic E-state index is 0.163. The first kappa shape index (κ1) is 17.1. The first-order chi connectivity index (χ1) is 10.2. The zero-order chi connectivity index (χ0) is 15.5. The average Bonchev–Trinajstić information content (AvgIpc) is 2.52. The van der Waals surface area contributed by atoms with E-state index in [1.807, 2.05) is 37.3 Å². The van der Waals surface area contributed by atoms with Crippen molar-refractivity contribution < 1.29 is 9.53 Å². The number of benzene rings is 1. The predicted molar refractivity (Wildman–Crippen MR) is 85.0 cm³/mol. The molecule has 1 rings (SSSR count). The molecular formula is C16H23N3O2. The molecule has 21 heavy (non-hydrogen) atoms. The fraction of sp³-hybridized carbons (Fsp3) is 0.375. The zero-order valence-electron chi connectivity index (χ0n) is 12.8. The summed E-state index contributed by atoms with van der Waals surface area (Å²) in [6.45, 7) is 4.40. The van der Waals surface area contributed by atoms with E-state index in [0.29, 0.717) is 19.0 Å². The summed E-state index contributed by atoms with van der Waals surface area (Å²) in [5, 5.41) is 5.69. The highest BCUT2D eigenvalue weighted by molar-refractivity contribution is 5.83. The third-order valence-electron chi connectivity index (χ3n) is 2.85. The molecule has 0 fully saturated rings. The van der Waals surface area contributed by atoms with Gasteiger partial charge in [0.05, 0.1) is 13.2 Å². The van der Waals surface area contributed by atoms with Crippen LogP contribution in [0.1, 0.15) is 19.4 Å². The maximum atomic E-state index is 12.1. The predicted octanol–water partition coefficient (Wildman–Crippen LogP) is 1.86. The van der Waals surface area contributed by atoms with Crippen LogP contribution in [0.3, 0.4) is 0 Å². The Balaban J connectivity index is 2.45. The Kier molecular flexibility index (Phi) is 8.01. The summed E-state index contributed by atoms with van der Waals surface area (Å²) in [4.78, 5) is 16.2. The van der Waals surface area contributed by atoms with Crippen LogP contribution in [0.5, 0.6) is 0 Å². The van der Waals surface area contributed by atoms with Crippen molar-refractivity contribution in [1.29, 1.82) is 0 Å². The van der Waals surface area contributed by atoms with Gasteiger partial charge in [0.1, 0.15) is 11.9 Å². The van der Waals surface area contributed by atoms with Gasteiger partial charge in [0.2, 0.25) is 5.91 Å². The Labute approximate surface area is 126 Å². The molecule has 0 aromatic heterocycles. The molecule has 1 aromatic rings. The lowest BCUT2D eigenvalue weighted by Crippen LogP contribution is -2.45. The molecule has 1 amide bonds. The molecule has 0 heterocycles. The van der Waals surface area contributed by atoms with Crippen LogP contribution in [-0.2, 0) is 16.1 Å². The summed E-state index contributed by atoms with van der Waals surface area (Å²) in [6, 6.07) is 9.44. The van der Waals surface area contributed by atoms with E-state index in [0.717, 1.165) is 5.56 Å². The molecule has 0 radical (unpaired) electrons. The molecule has 114 valence electrons. The van der Waals surface area contributed by atoms with Gasteiger partial charge in [-0.05, 0) is 32.5 Å². The number of ether oxygens (including phenoxy) is 1. The third kappa shape index (κ3) is 6.33. The number of nitrogens with zero attached hydrogens (tertiary/aromatic N) is 1. The van der Waals surface area contributed by atoms with Gasteiger partial charge < -0.3 is 15.4 Å². The molecule has 0 saturated heterocycles. The summed E-state index contributed by atoms with van der Waals surface area (Å²) in [5.74, 6) is 0.370. The van der Waals surface area contributed by atoms with E-state index in [1.165, 1.54) is 0 Å². The lowest BCUT2D eigenvalue weighted by molar-refractivity contribution is -0.123. The van der Waals surface area contributed by atoms with Crippen molar-refractivity contribution in [1.82, 2.24) is 10.6 Å². The van der Waals surface area contributed by atoms with Crippen molar-refractivity contribution in [2.24, 2.45) is 4.99 Å². The molecule has 1 unspecified atom stereocenters. The number of amides is 1. The molecule has 1 aromatic carbocycles. The van der Waals surface area contributed by atoms with Crippen LogP contribution in [0.25, 0.3) is 0 Å². The monoisotopic (exact) mass is 289 g/mol. The second-order valence-electron chi connectivity index (χ2n) is 4.39. The second-order valence-corrected chi connectivity index (χ2v) is 4.39. The lowest BCUT2D eigenvalue weighted by Gasteiger charge is -2.16. The second kappa shape index (κ2) is 9.85. The maximum absolute atomic E-state index is 12.1. The van der Waals surface area contributed by atoms with Crippen LogP contribution in [0.2, 0.25) is 0 Å². The Hall–Kier alpha value is -1.98. The summed E-state index contributed by atoms with van der Waals surface area (Å²) >= 11 is 0. The summed E-state index contributed by atoms with van der Waals surface area (Å²) in [6.07, 6.45) is 3.38. The van der Waals surface area contributed by atoms with Crippen molar-refractivity contribution >= 4 is 12.1 Å². The zero-order valence-corrected chi connectivity index (χ0v) is 12.8. The quantitative estimate of drug-likeness (QED) is 0.718. The summed E-state index contributed by atoms with van der Waals surface area (Å²) < 4.78 is 5.59. The SMILES string of the molecule is C/C=N\C(=C/C)NC(=O)C(COCc1ccccc1)NC. The fourth-order valence-electron chi connectivity index (χ4n) is 1.69. The first-order valence-electron chi connectivity index (χ1n) is 6.96. The first-order valence-corrected chi connectivity index (χ1v) is 6.96. The number of hydrogen-bond donors (Lipinski definition) is 2. The highest BCUT2D eigenvalue weighted by atomic mass is 16.5. The van der Waals surface area contributed by atoms with Crippen LogP contribution >= 0.6 is 0 Å². The van der Waals surface area contributed by atoms with Crippen LogP contribution in [0.4, 0.5) is 0 Å². The largest absolute Gasteiger partial charge is 0.375 e. The number of nitrogens with one attached hydrogen (secondary N) is 2. The molecule has 0 aliphatic carbocycles. The molecule has 5 nitrogen and oxygen atoms in total. The number of carbonyl (C=O) groups excluding carboxylic acids is 1. The van der Waals surface area contributed by atoms with Gasteiger partial charge in [0, 0.05) is 6.21 Å². The van der Waals surface area contributed by atoms with Gasteiger partial charge in [-0.15, -0.1) is 0 Å². The Morgan fingerprint density at radius 2 is 2.05 bits per heavy atom. The van der Waals surface area contributed by atoms with E-state index in [2.05, 4.69) is 15.6 Å². The Morgan fingerprint density at radius 3 is 2.62 bits per heavy atom. The fourth-order valence-corrected chi connectivity index (χ4v) is 1.69. The van der Waals surface area contributed by atoms with Crippen molar-refractivity contribution in [3.8, 4) is 0 Å². The Morgan fingerprint density at radius 1 is 1.33 bits per heavy atom. The summed E-state index contributed by atoms with van der Waals surface area (Å²) in [5.41, 5.74) is 1.08. The van der Waals surface area contributed by atoms with E-state index >= 15 is 0 Å². The molecule has 0 bridgehead atoms. The van der Waals surface area contributed by atoms with Gasteiger partial charge in [-0.3, -0.25) is 4.79 Å². The Bertz CT molecular complexity index is 484. The van der Waals surface area contributed by atoms with E-state index in [-0.39, 0.29) is 5.91 Å². The minimum Gasteiger partial charge on any atom is -0.375 e. The molecule has 0 aliphatic heterocycles. The maximum Gasteiger partial charge on any atom is 0.245 e. The molecule has 0 spiro atoms. The van der Waals surface area contributed by atoms with Crippen LogP contribution in [0, 0.1) is 0 Å². The van der Waals surface area contributed by atoms with Gasteiger partial charge in [0.25, 0.3) is 0 Å². The van der Waals surface area contributed by atoms with Crippen LogP contribution < -0.4 is 10.6 Å². The number of likely N-dealkylation sites (N-methyl/N-ethyl adjacent to an activating group) is 1. The standard InChI is InChI=1S/C16H23N3O2/c1-4-15(18-5-2)19-16(20)14(17-3)12-21-11-13-9-7-6-8-10-13/h4-10,14,17H,11-12H2,1-3H3,(H,19,20)/b15-4+,18-5-. The third-order valence-corrected chi connectivity index (χ3v) is 2.85. The van der Waals surface area contributed by atoms with Gasteiger partial charge >= 0.3 is 0 Å². The number of carbonyl (C=O) groups is 1. The van der Waals surface area contributed by atoms with Crippen molar-refractivity contribution in [2.45, 2.75) is 26.5 Å². The minimum atomic E-state index is -0.421. The van der Waals surface area contributed by atoms with E-state index in [1.54, 1.807) is 26.3 Å². The number of aliphatic imine (C=N–C) groups is 1. The topological polar surface area (TPSA) is 62.7 Å². The highest BCUT2D eigenvalue weighted by Gasteiger charge is 2.17. The van der Waals surface area contributed by atoms with Crippen LogP contribution in [0.15, 0.2) is 47.2 Å². The summed E-state index contributed by atoms with van der Waals surface area (Å²) in [7, 11) is 1.73. The lowest BCUT2D eigenvalue weighted by atomic mass is 10.2. The molecule has 0 saturated carbocycles. The van der Waals surface area contributed by atoms with Gasteiger partial charge in [-0.2, -0.15) is 0 Å². The van der Waals surface area contributed by atoms with Crippen molar-refractivity contribution in [2.75, 3.05) is 13.7 Å². The van der Waals surface area contributed by atoms with Gasteiger partial charge in [-0.1, -0.05) is 30.3 Å². The molecule has 5 heteroatoms.